The lowest BCUT2D eigenvalue weighted by molar-refractivity contribution is -0.126. The van der Waals surface area contributed by atoms with Crippen LogP contribution in [0.25, 0.3) is 0 Å². The van der Waals surface area contributed by atoms with Gasteiger partial charge < -0.3 is 4.90 Å². The van der Waals surface area contributed by atoms with Crippen molar-refractivity contribution in [2.45, 2.75) is 13.3 Å². The summed E-state index contributed by atoms with van der Waals surface area (Å²) >= 11 is 12.0. The van der Waals surface area contributed by atoms with Crippen molar-refractivity contribution in [3.05, 3.63) is 28.2 Å². The van der Waals surface area contributed by atoms with Crippen LogP contribution < -0.4 is 0 Å². The molecule has 0 saturated carbocycles. The van der Waals surface area contributed by atoms with E-state index in [0.717, 1.165) is 6.54 Å². The lowest BCUT2D eigenvalue weighted by Gasteiger charge is -2.18. The van der Waals surface area contributed by atoms with Crippen molar-refractivity contribution in [3.8, 4) is 0 Å². The number of hydrogen-bond acceptors (Lipinski definition) is 2. The number of halogens is 2. The van der Waals surface area contributed by atoms with Gasteiger partial charge in [0.25, 0.3) is 0 Å². The van der Waals surface area contributed by atoms with Crippen molar-refractivity contribution in [1.82, 2.24) is 9.80 Å². The summed E-state index contributed by atoms with van der Waals surface area (Å²) in [5.41, 5.74) is 0.615. The Labute approximate surface area is 122 Å². The first-order valence-electron chi connectivity index (χ1n) is 6.08. The second kappa shape index (κ2) is 5.80. The van der Waals surface area contributed by atoms with Gasteiger partial charge >= 0.3 is 0 Å². The Morgan fingerprint density at radius 2 is 2.11 bits per heavy atom. The molecule has 1 heterocycles. The number of likely N-dealkylation sites (N-methyl/N-ethyl adjacent to an activating group) is 1. The van der Waals surface area contributed by atoms with E-state index in [0.29, 0.717) is 34.7 Å². The maximum atomic E-state index is 11.9. The highest BCUT2D eigenvalue weighted by Crippen LogP contribution is 2.29. The van der Waals surface area contributed by atoms with E-state index in [1.165, 1.54) is 0 Å². The van der Waals surface area contributed by atoms with Gasteiger partial charge in [0.1, 0.15) is 0 Å². The number of amides is 1. The van der Waals surface area contributed by atoms with Crippen molar-refractivity contribution >= 4 is 40.8 Å². The van der Waals surface area contributed by atoms with Gasteiger partial charge in [0.15, 0.2) is 0 Å². The highest BCUT2D eigenvalue weighted by atomic mass is 35.5. The maximum Gasteiger partial charge on any atom is 0.229 e. The van der Waals surface area contributed by atoms with E-state index in [4.69, 9.17) is 23.2 Å². The number of nitrogens with zero attached hydrogens (tertiary/aromatic N) is 3. The number of guanidine groups is 1. The van der Waals surface area contributed by atoms with E-state index in [1.807, 2.05) is 18.9 Å². The molecule has 2 rings (SSSR count). The van der Waals surface area contributed by atoms with Gasteiger partial charge in [-0.2, -0.15) is 0 Å². The molecule has 1 aromatic rings. The van der Waals surface area contributed by atoms with Crippen molar-refractivity contribution in [2.75, 3.05) is 20.1 Å². The fourth-order valence-electron chi connectivity index (χ4n) is 1.91. The van der Waals surface area contributed by atoms with Crippen LogP contribution in [-0.4, -0.2) is 41.8 Å². The van der Waals surface area contributed by atoms with Crippen molar-refractivity contribution < 1.29 is 4.79 Å². The lowest BCUT2D eigenvalue weighted by atomic mass is 10.3. The fraction of sp³-hybridized carbons (Fsp3) is 0.385. The molecule has 1 amide bonds. The Morgan fingerprint density at radius 3 is 2.74 bits per heavy atom. The normalized spacial score (nSPS) is 17.4. The summed E-state index contributed by atoms with van der Waals surface area (Å²) in [4.78, 5) is 20.0. The first kappa shape index (κ1) is 14.2. The summed E-state index contributed by atoms with van der Waals surface area (Å²) in [7, 11) is 1.91. The highest BCUT2D eigenvalue weighted by molar-refractivity contribution is 6.36. The van der Waals surface area contributed by atoms with Gasteiger partial charge in [-0.25, -0.2) is 4.99 Å². The van der Waals surface area contributed by atoms with Crippen molar-refractivity contribution in [2.24, 2.45) is 4.99 Å². The summed E-state index contributed by atoms with van der Waals surface area (Å²) in [5, 5.41) is 1.04. The van der Waals surface area contributed by atoms with Crippen molar-refractivity contribution in [1.29, 1.82) is 0 Å². The fourth-order valence-corrected chi connectivity index (χ4v) is 2.36. The average Bonchev–Trinajstić information content (AvgIpc) is 2.73. The minimum Gasteiger partial charge on any atom is -0.343 e. The van der Waals surface area contributed by atoms with Crippen LogP contribution in [0.15, 0.2) is 23.2 Å². The third-order valence-electron chi connectivity index (χ3n) is 2.98. The zero-order valence-electron chi connectivity index (χ0n) is 10.9. The largest absolute Gasteiger partial charge is 0.343 e. The second-order valence-electron chi connectivity index (χ2n) is 4.33. The smallest absolute Gasteiger partial charge is 0.229 e. The van der Waals surface area contributed by atoms with Crippen LogP contribution in [-0.2, 0) is 4.79 Å². The average molecular weight is 300 g/mol. The molecule has 0 radical (unpaired) electrons. The minimum atomic E-state index is 0.0631. The zero-order chi connectivity index (χ0) is 14.0. The first-order valence-corrected chi connectivity index (χ1v) is 6.83. The molecule has 0 N–H and O–H groups in total. The minimum absolute atomic E-state index is 0.0631. The molecule has 1 aliphatic heterocycles. The maximum absolute atomic E-state index is 11.9. The third-order valence-corrected chi connectivity index (χ3v) is 3.51. The number of aliphatic imine (C=N–C) groups is 1. The highest BCUT2D eigenvalue weighted by Gasteiger charge is 2.28. The Balaban J connectivity index is 2.36. The van der Waals surface area contributed by atoms with Crippen molar-refractivity contribution in [3.63, 3.8) is 0 Å². The molecule has 0 spiro atoms. The van der Waals surface area contributed by atoms with Crippen LogP contribution in [0, 0.1) is 0 Å². The molecule has 102 valence electrons. The topological polar surface area (TPSA) is 35.9 Å². The van der Waals surface area contributed by atoms with Gasteiger partial charge in [-0.15, -0.1) is 0 Å². The lowest BCUT2D eigenvalue weighted by Crippen LogP contribution is -2.35. The number of carbonyl (C=O) groups excluding carboxylic acids is 1. The Kier molecular flexibility index (Phi) is 4.32. The number of benzene rings is 1. The van der Waals surface area contributed by atoms with Crippen LogP contribution in [0.4, 0.5) is 5.69 Å². The Hall–Kier alpha value is -1.26. The second-order valence-corrected chi connectivity index (χ2v) is 5.17. The molecule has 19 heavy (non-hydrogen) atoms. The quantitative estimate of drug-likeness (QED) is 0.841. The summed E-state index contributed by atoms with van der Waals surface area (Å²) in [6, 6.07) is 5.12. The van der Waals surface area contributed by atoms with Gasteiger partial charge in [0.2, 0.25) is 11.9 Å². The van der Waals surface area contributed by atoms with Gasteiger partial charge in [-0.3, -0.25) is 9.69 Å². The molecule has 0 unspecified atom stereocenters. The molecule has 1 saturated heterocycles. The van der Waals surface area contributed by atoms with Crippen LogP contribution in [0.5, 0.6) is 0 Å². The molecule has 4 nitrogen and oxygen atoms in total. The Morgan fingerprint density at radius 1 is 1.37 bits per heavy atom. The zero-order valence-corrected chi connectivity index (χ0v) is 12.4. The third kappa shape index (κ3) is 3.01. The van der Waals surface area contributed by atoms with Gasteiger partial charge in [-0.05, 0) is 18.2 Å². The van der Waals surface area contributed by atoms with E-state index in [9.17, 15) is 4.79 Å². The molecule has 0 aliphatic carbocycles. The monoisotopic (exact) mass is 299 g/mol. The molecule has 0 bridgehead atoms. The van der Waals surface area contributed by atoms with E-state index >= 15 is 0 Å². The molecule has 0 atom stereocenters. The van der Waals surface area contributed by atoms with E-state index in [2.05, 4.69) is 4.99 Å². The van der Waals surface area contributed by atoms with Gasteiger partial charge in [0, 0.05) is 31.6 Å². The summed E-state index contributed by atoms with van der Waals surface area (Å²) in [6.07, 6.45) is 0.460. The predicted octanol–water partition coefficient (Wildman–Crippen LogP) is 3.16. The number of carbonyl (C=O) groups is 1. The van der Waals surface area contributed by atoms with Crippen LogP contribution in [0.2, 0.25) is 10.0 Å². The molecule has 1 aromatic carbocycles. The predicted molar refractivity (Wildman–Crippen MR) is 78.2 cm³/mol. The summed E-state index contributed by atoms with van der Waals surface area (Å²) < 4.78 is 0. The molecule has 6 heteroatoms. The summed E-state index contributed by atoms with van der Waals surface area (Å²) in [6.45, 7) is 3.27. The van der Waals surface area contributed by atoms with Crippen LogP contribution >= 0.6 is 23.2 Å². The standard InChI is InChI=1S/C13H15Cl2N3O/c1-3-12(19)18-7-6-17(2)13(18)16-11-5-4-9(14)8-10(11)15/h4-5,8H,3,6-7H2,1-2H3. The van der Waals surface area contributed by atoms with E-state index in [1.54, 1.807) is 23.1 Å². The Bertz CT molecular complexity index is 531. The molecular weight excluding hydrogens is 285 g/mol. The van der Waals surface area contributed by atoms with Crippen LogP contribution in [0.3, 0.4) is 0 Å². The molecular formula is C13H15Cl2N3O. The number of hydrogen-bond donors (Lipinski definition) is 0. The summed E-state index contributed by atoms with van der Waals surface area (Å²) in [5.74, 6) is 0.698. The van der Waals surface area contributed by atoms with Gasteiger partial charge in [-0.1, -0.05) is 30.1 Å². The molecule has 0 aromatic heterocycles. The SMILES string of the molecule is CCC(=O)N1CCN(C)C1=Nc1ccc(Cl)cc1Cl. The van der Waals surface area contributed by atoms with Crippen LogP contribution in [0.1, 0.15) is 13.3 Å². The van der Waals surface area contributed by atoms with Gasteiger partial charge in [0.05, 0.1) is 10.7 Å². The first-order chi connectivity index (χ1) is 9.02. The van der Waals surface area contributed by atoms with E-state index in [-0.39, 0.29) is 5.91 Å². The van der Waals surface area contributed by atoms with E-state index < -0.39 is 0 Å². The molecule has 1 aliphatic rings. The molecule has 1 fully saturated rings. The number of rotatable bonds is 2.